The van der Waals surface area contributed by atoms with Crippen LogP contribution in [0.5, 0.6) is 0 Å². The molecule has 2 aromatic rings. The molecule has 9 heteroatoms. The number of hydrogen-bond acceptors (Lipinski definition) is 7. The van der Waals surface area contributed by atoms with E-state index < -0.39 is 6.04 Å². The molecule has 0 spiro atoms. The van der Waals surface area contributed by atoms with E-state index in [1.807, 2.05) is 6.07 Å². The fraction of sp³-hybridized carbons (Fsp3) is 0.350. The quantitative estimate of drug-likeness (QED) is 0.417. The number of aromatic nitrogens is 2. The third kappa shape index (κ3) is 4.47. The Balaban J connectivity index is 1.75. The van der Waals surface area contributed by atoms with Gasteiger partial charge >= 0.3 is 0 Å². The highest BCUT2D eigenvalue weighted by Crippen LogP contribution is 2.22. The summed E-state index contributed by atoms with van der Waals surface area (Å²) < 4.78 is 0. The molecular formula is C20H25N7O2. The fourth-order valence-electron chi connectivity index (χ4n) is 3.15. The standard InChI is InChI=1S/C20H25N7O2/c1-3-26-9-14-7-17(23-8-15(14)10-26)20(29)25-18-6-4-5-16(24-18)19(22)27(12-21)13(2)11-28/h4-8,12-13,21-22,28H,3,9-11H2,1-2H3,(H,24,25,29). The van der Waals surface area contributed by atoms with Gasteiger partial charge in [0.15, 0.2) is 5.84 Å². The van der Waals surface area contributed by atoms with Gasteiger partial charge < -0.3 is 15.3 Å². The van der Waals surface area contributed by atoms with Gasteiger partial charge in [0.05, 0.1) is 19.0 Å². The summed E-state index contributed by atoms with van der Waals surface area (Å²) in [6, 6.07) is 6.30. The minimum atomic E-state index is -0.432. The second kappa shape index (κ2) is 8.89. The molecule has 0 aliphatic carbocycles. The van der Waals surface area contributed by atoms with E-state index in [-0.39, 0.29) is 29.9 Å². The molecule has 0 bridgehead atoms. The first-order valence-corrected chi connectivity index (χ1v) is 9.44. The molecule has 1 unspecified atom stereocenters. The van der Waals surface area contributed by atoms with Gasteiger partial charge in [-0.15, -0.1) is 0 Å². The molecule has 0 fully saturated rings. The van der Waals surface area contributed by atoms with E-state index in [1.165, 1.54) is 4.90 Å². The van der Waals surface area contributed by atoms with Gasteiger partial charge in [-0.2, -0.15) is 0 Å². The second-order valence-corrected chi connectivity index (χ2v) is 6.92. The molecule has 152 valence electrons. The number of rotatable bonds is 7. The second-order valence-electron chi connectivity index (χ2n) is 6.92. The average molecular weight is 395 g/mol. The number of amidine groups is 1. The van der Waals surface area contributed by atoms with Crippen molar-refractivity contribution in [2.24, 2.45) is 0 Å². The Hall–Kier alpha value is -3.17. The number of aliphatic hydroxyl groups is 1. The molecule has 0 radical (unpaired) electrons. The number of pyridine rings is 2. The van der Waals surface area contributed by atoms with Crippen molar-refractivity contribution in [2.45, 2.75) is 33.0 Å². The van der Waals surface area contributed by atoms with Crippen LogP contribution in [0.2, 0.25) is 0 Å². The molecule has 1 aliphatic rings. The highest BCUT2D eigenvalue weighted by molar-refractivity contribution is 6.04. The molecule has 1 amide bonds. The topological polar surface area (TPSA) is 129 Å². The molecule has 3 heterocycles. The number of amides is 1. The minimum Gasteiger partial charge on any atom is -0.394 e. The van der Waals surface area contributed by atoms with Crippen LogP contribution in [0, 0.1) is 10.8 Å². The van der Waals surface area contributed by atoms with Crippen LogP contribution in [0.4, 0.5) is 5.82 Å². The molecule has 1 atom stereocenters. The Morgan fingerprint density at radius 1 is 1.38 bits per heavy atom. The van der Waals surface area contributed by atoms with E-state index in [0.717, 1.165) is 37.1 Å². The summed E-state index contributed by atoms with van der Waals surface area (Å²) in [4.78, 5) is 24.8. The van der Waals surface area contributed by atoms with Crippen LogP contribution >= 0.6 is 0 Å². The van der Waals surface area contributed by atoms with Crippen LogP contribution in [0.1, 0.15) is 41.2 Å². The maximum absolute atomic E-state index is 12.6. The number of nitrogens with zero attached hydrogens (tertiary/aromatic N) is 4. The molecule has 0 saturated carbocycles. The lowest BCUT2D eigenvalue weighted by atomic mass is 10.1. The first-order chi connectivity index (χ1) is 14.0. The molecule has 3 rings (SSSR count). The Labute approximate surface area is 169 Å². The van der Waals surface area contributed by atoms with E-state index in [9.17, 15) is 9.90 Å². The summed E-state index contributed by atoms with van der Waals surface area (Å²) >= 11 is 0. The van der Waals surface area contributed by atoms with Gasteiger partial charge in [-0.05, 0) is 42.8 Å². The van der Waals surface area contributed by atoms with E-state index in [4.69, 9.17) is 10.8 Å². The van der Waals surface area contributed by atoms with E-state index in [0.29, 0.717) is 5.69 Å². The van der Waals surface area contributed by atoms with E-state index in [1.54, 1.807) is 31.3 Å². The highest BCUT2D eigenvalue weighted by atomic mass is 16.3. The van der Waals surface area contributed by atoms with Crippen molar-refractivity contribution in [1.29, 1.82) is 10.8 Å². The number of carbonyl (C=O) groups is 1. The minimum absolute atomic E-state index is 0.0343. The summed E-state index contributed by atoms with van der Waals surface area (Å²) in [6.07, 6.45) is 2.72. The lowest BCUT2D eigenvalue weighted by Gasteiger charge is -2.25. The molecule has 9 nitrogen and oxygen atoms in total. The maximum Gasteiger partial charge on any atom is 0.275 e. The Kier molecular flexibility index (Phi) is 6.30. The molecular weight excluding hydrogens is 370 g/mol. The van der Waals surface area contributed by atoms with Crippen molar-refractivity contribution in [2.75, 3.05) is 18.5 Å². The summed E-state index contributed by atoms with van der Waals surface area (Å²) in [5, 5.41) is 27.8. The number of fused-ring (bicyclic) bond motifs is 1. The van der Waals surface area contributed by atoms with Gasteiger partial charge in [0, 0.05) is 19.3 Å². The molecule has 4 N–H and O–H groups in total. The fourth-order valence-corrected chi connectivity index (χ4v) is 3.15. The Morgan fingerprint density at radius 2 is 2.14 bits per heavy atom. The summed E-state index contributed by atoms with van der Waals surface area (Å²) in [7, 11) is 0. The third-order valence-electron chi connectivity index (χ3n) is 4.92. The number of nitrogens with one attached hydrogen (secondary N) is 3. The van der Waals surface area contributed by atoms with Gasteiger partial charge in [0.25, 0.3) is 5.91 Å². The molecule has 1 aliphatic heterocycles. The van der Waals surface area contributed by atoms with Crippen LogP contribution in [-0.4, -0.2) is 62.1 Å². The molecule has 29 heavy (non-hydrogen) atoms. The van der Waals surface area contributed by atoms with Crippen molar-refractivity contribution in [1.82, 2.24) is 19.8 Å². The highest BCUT2D eigenvalue weighted by Gasteiger charge is 2.21. The molecule has 0 aromatic carbocycles. The average Bonchev–Trinajstić information content (AvgIpc) is 3.16. The summed E-state index contributed by atoms with van der Waals surface area (Å²) in [5.41, 5.74) is 2.85. The van der Waals surface area contributed by atoms with Crippen LogP contribution < -0.4 is 5.32 Å². The van der Waals surface area contributed by atoms with Gasteiger partial charge in [0.2, 0.25) is 0 Å². The van der Waals surface area contributed by atoms with E-state index >= 15 is 0 Å². The molecule has 2 aromatic heterocycles. The SMILES string of the molecule is CCN1Cc2cnc(C(=O)Nc3cccc(C(=N)N(C=N)C(C)CO)n3)cc2C1. The molecule has 0 saturated heterocycles. The smallest absolute Gasteiger partial charge is 0.275 e. The first-order valence-electron chi connectivity index (χ1n) is 9.44. The largest absolute Gasteiger partial charge is 0.394 e. The van der Waals surface area contributed by atoms with Gasteiger partial charge in [0.1, 0.15) is 17.2 Å². The lowest BCUT2D eigenvalue weighted by molar-refractivity contribution is 0.102. The van der Waals surface area contributed by atoms with E-state index in [2.05, 4.69) is 27.1 Å². The Morgan fingerprint density at radius 3 is 2.83 bits per heavy atom. The zero-order valence-electron chi connectivity index (χ0n) is 16.5. The van der Waals surface area contributed by atoms with Crippen molar-refractivity contribution in [3.05, 3.63) is 53.0 Å². The van der Waals surface area contributed by atoms with Gasteiger partial charge in [-0.1, -0.05) is 13.0 Å². The zero-order chi connectivity index (χ0) is 21.0. The normalized spacial score (nSPS) is 14.2. The van der Waals surface area contributed by atoms with Gasteiger partial charge in [-0.25, -0.2) is 4.98 Å². The third-order valence-corrected chi connectivity index (χ3v) is 4.92. The first kappa shape index (κ1) is 20.6. The maximum atomic E-state index is 12.6. The number of aliphatic hydroxyl groups excluding tert-OH is 1. The van der Waals surface area contributed by atoms with Crippen LogP contribution in [0.25, 0.3) is 0 Å². The van der Waals surface area contributed by atoms with Crippen molar-refractivity contribution in [3.8, 4) is 0 Å². The van der Waals surface area contributed by atoms with Gasteiger partial charge in [-0.3, -0.25) is 25.5 Å². The van der Waals surface area contributed by atoms with Crippen molar-refractivity contribution >= 4 is 23.9 Å². The number of anilines is 1. The summed E-state index contributed by atoms with van der Waals surface area (Å²) in [5.74, 6) is -0.115. The summed E-state index contributed by atoms with van der Waals surface area (Å²) in [6.45, 7) is 6.20. The predicted octanol–water partition coefficient (Wildman–Crippen LogP) is 1.68. The zero-order valence-corrected chi connectivity index (χ0v) is 16.5. The van der Waals surface area contributed by atoms with Crippen LogP contribution in [-0.2, 0) is 13.1 Å². The predicted molar refractivity (Wildman–Crippen MR) is 110 cm³/mol. The number of hydrogen-bond donors (Lipinski definition) is 4. The Bertz CT molecular complexity index is 931. The van der Waals surface area contributed by atoms with Crippen LogP contribution in [0.3, 0.4) is 0 Å². The van der Waals surface area contributed by atoms with Crippen molar-refractivity contribution < 1.29 is 9.90 Å². The van der Waals surface area contributed by atoms with Crippen LogP contribution in [0.15, 0.2) is 30.5 Å². The lowest BCUT2D eigenvalue weighted by Crippen LogP contribution is -2.39. The monoisotopic (exact) mass is 395 g/mol. The number of carbonyl (C=O) groups excluding carboxylic acids is 1. The van der Waals surface area contributed by atoms with Crippen molar-refractivity contribution in [3.63, 3.8) is 0 Å².